The lowest BCUT2D eigenvalue weighted by atomic mass is 10.1. The molecule has 7 nitrogen and oxygen atoms in total. The first kappa shape index (κ1) is 25.5. The third-order valence-electron chi connectivity index (χ3n) is 5.19. The number of aromatic nitrogens is 1. The average molecular weight is 448 g/mol. The fourth-order valence-electron chi connectivity index (χ4n) is 3.30. The zero-order valence-electron chi connectivity index (χ0n) is 19.3. The summed E-state index contributed by atoms with van der Waals surface area (Å²) in [6, 6.07) is 9.74. The number of ether oxygens (including phenoxy) is 2. The molecule has 0 saturated carbocycles. The number of nitrogens with zero attached hydrogens (tertiary/aromatic N) is 3. The van der Waals surface area contributed by atoms with Crippen molar-refractivity contribution in [1.82, 2.24) is 14.4 Å². The van der Waals surface area contributed by atoms with E-state index >= 15 is 0 Å². The molecule has 1 heterocycles. The lowest BCUT2D eigenvalue weighted by Crippen LogP contribution is -2.45. The number of rotatable bonds is 14. The third kappa shape index (κ3) is 8.43. The van der Waals surface area contributed by atoms with Gasteiger partial charge in [-0.05, 0) is 43.2 Å². The van der Waals surface area contributed by atoms with Gasteiger partial charge in [-0.2, -0.15) is 0 Å². The fourth-order valence-corrected chi connectivity index (χ4v) is 3.30. The Kier molecular flexibility index (Phi) is 10.9. The van der Waals surface area contributed by atoms with Crippen molar-refractivity contribution in [2.45, 2.75) is 26.3 Å². The number of methoxy groups -OCH3 is 1. The highest BCUT2D eigenvalue weighted by molar-refractivity contribution is 5.86. The Hall–Kier alpha value is -2.71. The minimum atomic E-state index is -0.348. The SMILES string of the molecule is CCOCCCN(CC(=O)N(CCOC)Cc1cccn1C)C(=O)Cc1ccc(F)cc1. The smallest absolute Gasteiger partial charge is 0.242 e. The van der Waals surface area contributed by atoms with Gasteiger partial charge in [0.25, 0.3) is 0 Å². The van der Waals surface area contributed by atoms with Gasteiger partial charge in [-0.1, -0.05) is 12.1 Å². The summed E-state index contributed by atoms with van der Waals surface area (Å²) in [7, 11) is 3.53. The monoisotopic (exact) mass is 447 g/mol. The molecule has 176 valence electrons. The molecule has 0 saturated heterocycles. The first-order valence-electron chi connectivity index (χ1n) is 10.9. The number of halogens is 1. The molecule has 0 unspecified atom stereocenters. The van der Waals surface area contributed by atoms with Crippen LogP contribution >= 0.6 is 0 Å². The molecule has 0 aliphatic heterocycles. The highest BCUT2D eigenvalue weighted by atomic mass is 19.1. The summed E-state index contributed by atoms with van der Waals surface area (Å²) in [6.45, 7) is 4.69. The number of carbonyl (C=O) groups is 2. The topological polar surface area (TPSA) is 64.0 Å². The second kappa shape index (κ2) is 13.6. The van der Waals surface area contributed by atoms with E-state index in [1.165, 1.54) is 12.1 Å². The molecular formula is C24H34FN3O4. The average Bonchev–Trinajstić information content (AvgIpc) is 3.19. The molecule has 0 fully saturated rings. The quantitative estimate of drug-likeness (QED) is 0.418. The van der Waals surface area contributed by atoms with Gasteiger partial charge < -0.3 is 23.8 Å². The lowest BCUT2D eigenvalue weighted by Gasteiger charge is -2.28. The van der Waals surface area contributed by atoms with Crippen LogP contribution in [0.15, 0.2) is 42.6 Å². The predicted octanol–water partition coefficient (Wildman–Crippen LogP) is 2.64. The fraction of sp³-hybridized carbons (Fsp3) is 0.500. The molecule has 0 atom stereocenters. The zero-order valence-corrected chi connectivity index (χ0v) is 19.3. The number of benzene rings is 1. The van der Waals surface area contributed by atoms with Crippen LogP contribution in [-0.4, -0.2) is 72.7 Å². The second-order valence-corrected chi connectivity index (χ2v) is 7.59. The first-order valence-corrected chi connectivity index (χ1v) is 10.9. The van der Waals surface area contributed by atoms with Gasteiger partial charge in [0.2, 0.25) is 11.8 Å². The van der Waals surface area contributed by atoms with Crippen LogP contribution in [0.3, 0.4) is 0 Å². The molecule has 8 heteroatoms. The summed E-state index contributed by atoms with van der Waals surface area (Å²) in [5, 5.41) is 0. The van der Waals surface area contributed by atoms with Crippen molar-refractivity contribution in [3.63, 3.8) is 0 Å². The number of carbonyl (C=O) groups excluding carboxylic acids is 2. The molecule has 1 aromatic heterocycles. The maximum atomic E-state index is 13.2. The number of amides is 2. The molecule has 1 aromatic carbocycles. The zero-order chi connectivity index (χ0) is 23.3. The maximum absolute atomic E-state index is 13.2. The van der Waals surface area contributed by atoms with Gasteiger partial charge in [0, 0.05) is 52.4 Å². The van der Waals surface area contributed by atoms with Gasteiger partial charge in [0.1, 0.15) is 5.82 Å². The van der Waals surface area contributed by atoms with Crippen molar-refractivity contribution in [2.24, 2.45) is 7.05 Å². The van der Waals surface area contributed by atoms with Gasteiger partial charge in [-0.3, -0.25) is 9.59 Å². The summed E-state index contributed by atoms with van der Waals surface area (Å²) in [4.78, 5) is 29.4. The van der Waals surface area contributed by atoms with E-state index < -0.39 is 0 Å². The van der Waals surface area contributed by atoms with Crippen LogP contribution in [0.4, 0.5) is 4.39 Å². The molecule has 2 amide bonds. The van der Waals surface area contributed by atoms with Gasteiger partial charge in [-0.25, -0.2) is 4.39 Å². The van der Waals surface area contributed by atoms with Crippen LogP contribution in [0.2, 0.25) is 0 Å². The number of hydrogen-bond acceptors (Lipinski definition) is 4. The minimum absolute atomic E-state index is 0.0275. The summed E-state index contributed by atoms with van der Waals surface area (Å²) in [6.07, 6.45) is 2.67. The highest BCUT2D eigenvalue weighted by Crippen LogP contribution is 2.09. The normalized spacial score (nSPS) is 10.9. The summed E-state index contributed by atoms with van der Waals surface area (Å²) in [5.41, 5.74) is 1.70. The number of aryl methyl sites for hydroxylation is 1. The molecular weight excluding hydrogens is 413 g/mol. The maximum Gasteiger partial charge on any atom is 0.242 e. The van der Waals surface area contributed by atoms with E-state index in [4.69, 9.17) is 9.47 Å². The Morgan fingerprint density at radius 1 is 1.03 bits per heavy atom. The molecule has 32 heavy (non-hydrogen) atoms. The van der Waals surface area contributed by atoms with Gasteiger partial charge in [0.05, 0.1) is 26.1 Å². The van der Waals surface area contributed by atoms with Crippen LogP contribution in [0.1, 0.15) is 24.6 Å². The Morgan fingerprint density at radius 2 is 1.78 bits per heavy atom. The van der Waals surface area contributed by atoms with E-state index in [9.17, 15) is 14.0 Å². The highest BCUT2D eigenvalue weighted by Gasteiger charge is 2.22. The molecule has 2 aromatic rings. The third-order valence-corrected chi connectivity index (χ3v) is 5.19. The lowest BCUT2D eigenvalue weighted by molar-refractivity contribution is -0.141. The van der Waals surface area contributed by atoms with Crippen LogP contribution in [0.25, 0.3) is 0 Å². The van der Waals surface area contributed by atoms with Crippen molar-refractivity contribution in [2.75, 3.05) is 46.6 Å². The van der Waals surface area contributed by atoms with Crippen LogP contribution in [0.5, 0.6) is 0 Å². The Labute approximate surface area is 189 Å². The van der Waals surface area contributed by atoms with E-state index in [1.807, 2.05) is 36.9 Å². The minimum Gasteiger partial charge on any atom is -0.383 e. The summed E-state index contributed by atoms with van der Waals surface area (Å²) < 4.78 is 25.7. The van der Waals surface area contributed by atoms with Crippen molar-refractivity contribution in [1.29, 1.82) is 0 Å². The van der Waals surface area contributed by atoms with E-state index in [0.717, 1.165) is 5.69 Å². The van der Waals surface area contributed by atoms with Crippen LogP contribution in [-0.2, 0) is 39.1 Å². The molecule has 0 spiro atoms. The van der Waals surface area contributed by atoms with Gasteiger partial charge in [-0.15, -0.1) is 0 Å². The standard InChI is InChI=1S/C24H34FN3O4/c1-4-32-15-6-13-27(23(29)17-20-8-10-21(25)11-9-20)19-24(30)28(14-16-31-3)18-22-7-5-12-26(22)2/h5,7-12H,4,6,13-19H2,1-3H3. The second-order valence-electron chi connectivity index (χ2n) is 7.59. The van der Waals surface area contributed by atoms with Crippen LogP contribution < -0.4 is 0 Å². The van der Waals surface area contributed by atoms with Crippen molar-refractivity contribution < 1.29 is 23.5 Å². The Bertz CT molecular complexity index is 838. The van der Waals surface area contributed by atoms with E-state index in [-0.39, 0.29) is 30.6 Å². The molecule has 0 radical (unpaired) electrons. The van der Waals surface area contributed by atoms with Crippen LogP contribution in [0, 0.1) is 5.82 Å². The molecule has 2 rings (SSSR count). The van der Waals surface area contributed by atoms with Gasteiger partial charge >= 0.3 is 0 Å². The first-order chi connectivity index (χ1) is 15.4. The molecule has 0 N–H and O–H groups in total. The molecule has 0 aliphatic carbocycles. The van der Waals surface area contributed by atoms with Crippen molar-refractivity contribution in [3.8, 4) is 0 Å². The molecule has 0 bridgehead atoms. The Balaban J connectivity index is 2.08. The summed E-state index contributed by atoms with van der Waals surface area (Å²) >= 11 is 0. The van der Waals surface area contributed by atoms with Crippen molar-refractivity contribution >= 4 is 11.8 Å². The van der Waals surface area contributed by atoms with Crippen molar-refractivity contribution in [3.05, 3.63) is 59.7 Å². The molecule has 0 aliphatic rings. The van der Waals surface area contributed by atoms with E-state index in [1.54, 1.807) is 29.0 Å². The number of hydrogen-bond donors (Lipinski definition) is 0. The van der Waals surface area contributed by atoms with Gasteiger partial charge in [0.15, 0.2) is 0 Å². The largest absolute Gasteiger partial charge is 0.383 e. The summed E-state index contributed by atoms with van der Waals surface area (Å²) in [5.74, 6) is -0.668. The van der Waals surface area contributed by atoms with E-state index in [2.05, 4.69) is 0 Å². The predicted molar refractivity (Wildman–Crippen MR) is 121 cm³/mol. The Morgan fingerprint density at radius 3 is 2.41 bits per heavy atom. The van der Waals surface area contributed by atoms with E-state index in [0.29, 0.717) is 51.4 Å².